The van der Waals surface area contributed by atoms with Crippen LogP contribution in [0.25, 0.3) is 105 Å². The topological polar surface area (TPSA) is 31.0 Å². The second kappa shape index (κ2) is 14.1. The third-order valence-corrected chi connectivity index (χ3v) is 13.4. The van der Waals surface area contributed by atoms with Gasteiger partial charge in [-0.25, -0.2) is 4.98 Å². The lowest BCUT2D eigenvalue weighted by Crippen LogP contribution is -2.45. The van der Waals surface area contributed by atoms with Crippen LogP contribution in [-0.2, 0) is 5.21 Å². The van der Waals surface area contributed by atoms with E-state index >= 15 is 0 Å². The van der Waals surface area contributed by atoms with Gasteiger partial charge in [-0.05, 0) is 126 Å². The van der Waals surface area contributed by atoms with Crippen LogP contribution in [0, 0.1) is 0 Å². The van der Waals surface area contributed by atoms with E-state index in [0.29, 0.717) is 0 Å². The van der Waals surface area contributed by atoms with Gasteiger partial charge >= 0.3 is 0 Å². The molecule has 0 atom stereocenters. The number of aromatic nitrogens is 2. The molecule has 0 aliphatic carbocycles. The maximum atomic E-state index is 6.30. The largest absolute Gasteiger partial charge is 0.456 e. The Morgan fingerprint density at radius 3 is 1.72 bits per heavy atom. The van der Waals surface area contributed by atoms with Gasteiger partial charge in [-0.3, -0.25) is 4.57 Å². The second-order valence-corrected chi connectivity index (χ2v) is 18.0. The summed E-state index contributed by atoms with van der Waals surface area (Å²) >= 11 is 0. The number of furan rings is 1. The maximum absolute atomic E-state index is 6.30. The standard InChI is InChI=1S/C53H41B5N2O/c54-52(55,53(56,57)58)51-59-45-21-7-8-22-46(45)60(51)38-17-11-15-34(29-38)33-14-10-16-36(28-33)49-40-19-4-5-20-41(40)50(44-30-35(24-26-42(44)49)32-12-2-1-3-13-32)37-25-27-48-43(31-37)39-18-6-9-23-47(39)61-48/h1-31H,54-58H2. The fourth-order valence-corrected chi connectivity index (χ4v) is 9.21. The summed E-state index contributed by atoms with van der Waals surface area (Å²) in [6.07, 6.45) is 0. The highest BCUT2D eigenvalue weighted by molar-refractivity contribution is 6.67. The first-order valence-corrected chi connectivity index (χ1v) is 21.3. The number of nitrogens with zero attached hydrogens (tertiary/aromatic N) is 2. The van der Waals surface area contributed by atoms with Crippen molar-refractivity contribution < 1.29 is 4.42 Å². The molecule has 0 bridgehead atoms. The molecule has 0 amide bonds. The molecule has 2 aromatic heterocycles. The SMILES string of the molecule is BC(B)(B)C(B)(B)c1nc2ccccc2n1-c1cccc(-c2cccc(-c3c4ccccc4c(-c4ccc5oc6ccccc6c5c4)c4cc(-c5ccccc5)ccc34)c2)c1. The fraction of sp³-hybridized carbons (Fsp3) is 0.0377. The highest BCUT2D eigenvalue weighted by atomic mass is 16.3. The van der Waals surface area contributed by atoms with Crippen molar-refractivity contribution in [3.8, 4) is 50.2 Å². The second-order valence-electron chi connectivity index (χ2n) is 18.0. The molecule has 3 nitrogen and oxygen atoms in total. The molecular weight excluding hydrogens is 735 g/mol. The first kappa shape index (κ1) is 37.1. The molecule has 2 heterocycles. The third-order valence-electron chi connectivity index (χ3n) is 13.4. The van der Waals surface area contributed by atoms with Crippen molar-refractivity contribution in [2.75, 3.05) is 0 Å². The molecule has 0 N–H and O–H groups in total. The quantitative estimate of drug-likeness (QED) is 0.119. The van der Waals surface area contributed by atoms with Gasteiger partial charge in [0.25, 0.3) is 0 Å². The predicted octanol–water partition coefficient (Wildman–Crippen LogP) is 9.29. The van der Waals surface area contributed by atoms with Crippen molar-refractivity contribution >= 4 is 93.7 Å². The number of para-hydroxylation sites is 3. The van der Waals surface area contributed by atoms with Crippen molar-refractivity contribution in [3.63, 3.8) is 0 Å². The third kappa shape index (κ3) is 6.07. The van der Waals surface area contributed by atoms with E-state index in [1.54, 1.807) is 0 Å². The number of rotatable bonds is 7. The lowest BCUT2D eigenvalue weighted by Gasteiger charge is -2.39. The van der Waals surface area contributed by atoms with Crippen molar-refractivity contribution in [2.24, 2.45) is 0 Å². The average molecular weight is 776 g/mol. The normalized spacial score (nSPS) is 12.3. The number of imidazole rings is 1. The molecule has 11 rings (SSSR count). The van der Waals surface area contributed by atoms with Crippen LogP contribution in [0.15, 0.2) is 192 Å². The minimum absolute atomic E-state index is 0.0125. The van der Waals surface area contributed by atoms with Crippen LogP contribution in [0.4, 0.5) is 0 Å². The Morgan fingerprint density at radius 2 is 0.934 bits per heavy atom. The van der Waals surface area contributed by atoms with E-state index in [2.05, 4.69) is 226 Å². The molecule has 0 aliphatic rings. The molecule has 284 valence electrons. The van der Waals surface area contributed by atoms with E-state index in [-0.39, 0.29) is 10.3 Å². The Balaban J connectivity index is 1.12. The highest BCUT2D eigenvalue weighted by Gasteiger charge is 2.38. The zero-order valence-corrected chi connectivity index (χ0v) is 35.2. The predicted molar refractivity (Wildman–Crippen MR) is 272 cm³/mol. The van der Waals surface area contributed by atoms with Crippen LogP contribution in [0.3, 0.4) is 0 Å². The first-order chi connectivity index (χ1) is 29.6. The van der Waals surface area contributed by atoms with Gasteiger partial charge in [0.15, 0.2) is 0 Å². The summed E-state index contributed by atoms with van der Waals surface area (Å²) in [5.74, 6) is 1.07. The molecule has 0 radical (unpaired) electrons. The van der Waals surface area contributed by atoms with Crippen LogP contribution in [0.5, 0.6) is 0 Å². The Bertz CT molecular complexity index is 3510. The molecule has 8 heteroatoms. The number of hydrogen-bond donors (Lipinski definition) is 0. The van der Waals surface area contributed by atoms with Gasteiger partial charge < -0.3 is 4.42 Å². The molecule has 0 spiro atoms. The number of hydrogen-bond acceptors (Lipinski definition) is 2. The molecule has 0 saturated carbocycles. The van der Waals surface area contributed by atoms with E-state index in [9.17, 15) is 0 Å². The summed E-state index contributed by atoms with van der Waals surface area (Å²) in [7, 11) is 11.6. The van der Waals surface area contributed by atoms with Crippen LogP contribution >= 0.6 is 0 Å². The minimum Gasteiger partial charge on any atom is -0.456 e. The molecule has 0 aliphatic heterocycles. The number of benzene rings is 9. The van der Waals surface area contributed by atoms with Crippen molar-refractivity contribution in [1.82, 2.24) is 9.55 Å². The van der Waals surface area contributed by atoms with E-state index in [1.807, 2.05) is 6.07 Å². The Hall–Kier alpha value is -6.91. The van der Waals surface area contributed by atoms with Crippen molar-refractivity contribution in [3.05, 3.63) is 194 Å². The Labute approximate surface area is 360 Å². The van der Waals surface area contributed by atoms with E-state index < -0.39 is 0 Å². The smallest absolute Gasteiger partial charge is 0.135 e. The molecule has 0 unspecified atom stereocenters. The summed E-state index contributed by atoms with van der Waals surface area (Å²) in [5.41, 5.74) is 14.6. The van der Waals surface area contributed by atoms with Gasteiger partial charge in [0, 0.05) is 16.5 Å². The van der Waals surface area contributed by atoms with Gasteiger partial charge in [0.1, 0.15) is 32.7 Å². The van der Waals surface area contributed by atoms with E-state index in [1.165, 1.54) is 60.5 Å². The monoisotopic (exact) mass is 776 g/mol. The molecule has 9 aromatic carbocycles. The van der Waals surface area contributed by atoms with Gasteiger partial charge in [0.05, 0.1) is 34.6 Å². The van der Waals surface area contributed by atoms with Gasteiger partial charge in [-0.1, -0.05) is 133 Å². The van der Waals surface area contributed by atoms with Gasteiger partial charge in [-0.2, -0.15) is 0 Å². The molecule has 0 saturated heterocycles. The van der Waals surface area contributed by atoms with Crippen molar-refractivity contribution in [1.29, 1.82) is 0 Å². The summed E-state index contributed by atoms with van der Waals surface area (Å²) in [6.45, 7) is 0. The summed E-state index contributed by atoms with van der Waals surface area (Å²) < 4.78 is 8.67. The first-order valence-electron chi connectivity index (χ1n) is 21.3. The average Bonchev–Trinajstić information content (AvgIpc) is 3.87. The van der Waals surface area contributed by atoms with E-state index in [0.717, 1.165) is 50.0 Å². The Morgan fingerprint density at radius 1 is 0.393 bits per heavy atom. The summed E-state index contributed by atoms with van der Waals surface area (Å²) in [4.78, 5) is 5.28. The van der Waals surface area contributed by atoms with Crippen LogP contribution < -0.4 is 0 Å². The molecule has 61 heavy (non-hydrogen) atoms. The molecular formula is C53H41B5N2O. The van der Waals surface area contributed by atoms with Gasteiger partial charge in [-0.15, -0.1) is 5.11 Å². The summed E-state index contributed by atoms with van der Waals surface area (Å²) in [5, 5.41) is 6.92. The minimum atomic E-state index is -0.200. The fourth-order valence-electron chi connectivity index (χ4n) is 9.21. The van der Waals surface area contributed by atoms with Crippen molar-refractivity contribution in [2.45, 2.75) is 10.3 Å². The lowest BCUT2D eigenvalue weighted by molar-refractivity contribution is 0.669. The highest BCUT2D eigenvalue weighted by Crippen LogP contribution is 2.47. The van der Waals surface area contributed by atoms with Gasteiger partial charge in [0.2, 0.25) is 0 Å². The molecule has 11 aromatic rings. The zero-order valence-electron chi connectivity index (χ0n) is 35.2. The van der Waals surface area contributed by atoms with E-state index in [4.69, 9.17) is 9.40 Å². The number of fused-ring (bicyclic) bond motifs is 6. The summed E-state index contributed by atoms with van der Waals surface area (Å²) in [6, 6.07) is 68.3. The lowest BCUT2D eigenvalue weighted by atomic mass is 9.23. The van der Waals surface area contributed by atoms with Crippen LogP contribution in [0.1, 0.15) is 5.82 Å². The maximum Gasteiger partial charge on any atom is 0.135 e. The Kier molecular flexibility index (Phi) is 8.58. The van der Waals surface area contributed by atoms with Crippen LogP contribution in [-0.4, -0.2) is 48.8 Å². The zero-order chi connectivity index (χ0) is 41.5. The molecule has 0 fully saturated rings. The van der Waals surface area contributed by atoms with Crippen LogP contribution in [0.2, 0.25) is 5.11 Å².